The van der Waals surface area contributed by atoms with Gasteiger partial charge in [0.15, 0.2) is 43.3 Å². The number of aliphatic hydroxyl groups excluding tert-OH is 2. The van der Waals surface area contributed by atoms with Gasteiger partial charge in [0.1, 0.15) is 36.6 Å². The first kappa shape index (κ1) is 30.1. The standard InChI is InChI=1S/C16H26O18S2/c1-5-8(29-35-33-31-21)7(18)9(6(4-17)24-5)25-13-12(30-36-34-32-22)10(23-3)11-14(26-13)28-16(2,27-11)15(19)20/h5-14,17-18,21-22H,4H2,1-3H3,(H,19,20)/t5-,6?,7?,8+,9+,10?,11-,12-,13+,14?,16?/m0/s1. The number of aliphatic carboxylic acids is 1. The Morgan fingerprint density at radius 2 is 1.64 bits per heavy atom. The molecule has 5 N–H and O–H groups in total. The first-order chi connectivity index (χ1) is 17.2. The fourth-order valence-corrected chi connectivity index (χ4v) is 4.72. The van der Waals surface area contributed by atoms with E-state index in [2.05, 4.69) is 18.7 Å². The van der Waals surface area contributed by atoms with Gasteiger partial charge in [-0.1, -0.05) is 10.1 Å². The zero-order chi connectivity index (χ0) is 26.5. The van der Waals surface area contributed by atoms with Gasteiger partial charge in [-0.2, -0.15) is 0 Å². The van der Waals surface area contributed by atoms with Gasteiger partial charge in [0.25, 0.3) is 5.79 Å². The molecule has 0 aromatic rings. The molecule has 18 nitrogen and oxygen atoms in total. The van der Waals surface area contributed by atoms with E-state index in [0.717, 1.165) is 6.92 Å². The van der Waals surface area contributed by atoms with Crippen LogP contribution in [-0.4, -0.2) is 113 Å². The van der Waals surface area contributed by atoms with Gasteiger partial charge in [0.05, 0.1) is 12.7 Å². The Kier molecular flexibility index (Phi) is 11.3. The molecule has 210 valence electrons. The zero-order valence-electron chi connectivity index (χ0n) is 18.8. The predicted octanol–water partition coefficient (Wildman–Crippen LogP) is -0.835. The maximum Gasteiger partial charge on any atom is 0.364 e. The molecular weight excluding hydrogens is 544 g/mol. The van der Waals surface area contributed by atoms with Crippen LogP contribution in [0.3, 0.4) is 0 Å². The van der Waals surface area contributed by atoms with Crippen LogP contribution < -0.4 is 0 Å². The molecule has 0 aromatic carbocycles. The smallest absolute Gasteiger partial charge is 0.364 e. The maximum atomic E-state index is 11.6. The van der Waals surface area contributed by atoms with Crippen molar-refractivity contribution in [3.05, 3.63) is 0 Å². The molecule has 0 radical (unpaired) electrons. The van der Waals surface area contributed by atoms with Crippen LogP contribution >= 0.6 is 24.6 Å². The van der Waals surface area contributed by atoms with Gasteiger partial charge >= 0.3 is 5.97 Å². The average molecular weight is 571 g/mol. The van der Waals surface area contributed by atoms with E-state index in [-0.39, 0.29) is 24.6 Å². The van der Waals surface area contributed by atoms with E-state index >= 15 is 0 Å². The van der Waals surface area contributed by atoms with Crippen LogP contribution in [0.1, 0.15) is 13.8 Å². The summed E-state index contributed by atoms with van der Waals surface area (Å²) in [4.78, 5) is 11.6. The van der Waals surface area contributed by atoms with E-state index in [1.165, 1.54) is 7.11 Å². The van der Waals surface area contributed by atoms with Gasteiger partial charge in [0, 0.05) is 14.0 Å². The molecule has 3 saturated heterocycles. The lowest BCUT2D eigenvalue weighted by molar-refractivity contribution is -0.435. The van der Waals surface area contributed by atoms with Crippen molar-refractivity contribution in [3.63, 3.8) is 0 Å². The highest BCUT2D eigenvalue weighted by molar-refractivity contribution is 7.89. The average Bonchev–Trinajstić information content (AvgIpc) is 3.20. The van der Waals surface area contributed by atoms with Crippen molar-refractivity contribution in [1.29, 1.82) is 0 Å². The topological polar surface area (TPSA) is 229 Å². The molecular formula is C16H26O18S2. The quantitative estimate of drug-likeness (QED) is 0.0787. The van der Waals surface area contributed by atoms with E-state index in [1.54, 1.807) is 6.92 Å². The Balaban J connectivity index is 1.83. The van der Waals surface area contributed by atoms with Gasteiger partial charge in [-0.3, -0.25) is 8.37 Å². The summed E-state index contributed by atoms with van der Waals surface area (Å²) in [5.41, 5.74) is 0. The maximum absolute atomic E-state index is 11.6. The Bertz CT molecular complexity index is 706. The number of carboxylic acid groups (broad SMARTS) is 1. The second kappa shape index (κ2) is 13.5. The summed E-state index contributed by atoms with van der Waals surface area (Å²) in [5, 5.41) is 53.9. The Labute approximate surface area is 211 Å². The number of hydrogen-bond donors (Lipinski definition) is 5. The summed E-state index contributed by atoms with van der Waals surface area (Å²) in [6, 6.07) is 0. The SMILES string of the molecule is COC1[C@@H]2OC(C)(C(=O)O)OC2O[C@@H](O[C@@H]2C(CO)O[C@@H](C)[C@@H](OSOOO)C2O)[C@H]1OSOOO. The van der Waals surface area contributed by atoms with E-state index < -0.39 is 79.8 Å². The number of hydrogen-bond acceptors (Lipinski definition) is 19. The number of methoxy groups -OCH3 is 1. The summed E-state index contributed by atoms with van der Waals surface area (Å²) >= 11 is 0.358. The highest BCUT2D eigenvalue weighted by Gasteiger charge is 2.61. The summed E-state index contributed by atoms with van der Waals surface area (Å²) in [6.07, 6.45) is -12.1. The van der Waals surface area contributed by atoms with Crippen LogP contribution in [0.4, 0.5) is 0 Å². The molecule has 0 bridgehead atoms. The number of ether oxygens (including phenoxy) is 6. The Hall–Kier alpha value is -0.470. The first-order valence-corrected chi connectivity index (χ1v) is 11.5. The van der Waals surface area contributed by atoms with Crippen molar-refractivity contribution in [1.82, 2.24) is 0 Å². The van der Waals surface area contributed by atoms with Crippen LogP contribution in [0, 0.1) is 0 Å². The minimum absolute atomic E-state index is 0.157. The summed E-state index contributed by atoms with van der Waals surface area (Å²) in [5.74, 6) is -3.53. The predicted molar refractivity (Wildman–Crippen MR) is 108 cm³/mol. The van der Waals surface area contributed by atoms with E-state index in [9.17, 15) is 20.1 Å². The van der Waals surface area contributed by atoms with E-state index in [0.29, 0.717) is 0 Å². The summed E-state index contributed by atoms with van der Waals surface area (Å²) in [7, 11) is 1.27. The van der Waals surface area contributed by atoms with Gasteiger partial charge < -0.3 is 43.7 Å². The summed E-state index contributed by atoms with van der Waals surface area (Å²) in [6.45, 7) is 2.11. The van der Waals surface area contributed by atoms with Crippen molar-refractivity contribution in [2.24, 2.45) is 0 Å². The minimum atomic E-state index is -2.09. The van der Waals surface area contributed by atoms with E-state index in [1.807, 2.05) is 0 Å². The largest absolute Gasteiger partial charge is 0.477 e. The third kappa shape index (κ3) is 6.56. The normalized spacial score (nSPS) is 42.9. The second-order valence-corrected chi connectivity index (χ2v) is 8.65. The fourth-order valence-electron chi connectivity index (χ4n) is 3.96. The number of aliphatic hydroxyl groups is 2. The second-order valence-electron chi connectivity index (χ2n) is 7.72. The van der Waals surface area contributed by atoms with Crippen molar-refractivity contribution in [2.45, 2.75) is 81.0 Å². The molecule has 0 aromatic heterocycles. The van der Waals surface area contributed by atoms with Crippen molar-refractivity contribution in [3.8, 4) is 0 Å². The molecule has 11 atom stereocenters. The molecule has 0 spiro atoms. The summed E-state index contributed by atoms with van der Waals surface area (Å²) < 4.78 is 52.8. The van der Waals surface area contributed by atoms with Gasteiger partial charge in [-0.25, -0.2) is 15.3 Å². The highest BCUT2D eigenvalue weighted by atomic mass is 32.2. The molecule has 0 saturated carbocycles. The lowest BCUT2D eigenvalue weighted by atomic mass is 9.95. The molecule has 36 heavy (non-hydrogen) atoms. The van der Waals surface area contributed by atoms with Gasteiger partial charge in [-0.05, 0) is 6.92 Å². The number of rotatable bonds is 13. The van der Waals surface area contributed by atoms with Crippen molar-refractivity contribution < 1.29 is 86.2 Å². The molecule has 5 unspecified atom stereocenters. The lowest BCUT2D eigenvalue weighted by Gasteiger charge is -2.46. The molecule has 20 heteroatoms. The number of carboxylic acids is 1. The van der Waals surface area contributed by atoms with E-state index in [4.69, 9.17) is 47.3 Å². The molecule has 3 aliphatic rings. The fraction of sp³-hybridized carbons (Fsp3) is 0.938. The van der Waals surface area contributed by atoms with Crippen LogP contribution in [-0.2, 0) is 60.3 Å². The van der Waals surface area contributed by atoms with Crippen LogP contribution in [0.25, 0.3) is 0 Å². The third-order valence-electron chi connectivity index (χ3n) is 5.60. The van der Waals surface area contributed by atoms with Crippen molar-refractivity contribution in [2.75, 3.05) is 13.7 Å². The molecule has 3 aliphatic heterocycles. The molecule has 3 fully saturated rings. The molecule has 3 heterocycles. The number of fused-ring (bicyclic) bond motifs is 1. The zero-order valence-corrected chi connectivity index (χ0v) is 20.5. The Morgan fingerprint density at radius 1 is 1.00 bits per heavy atom. The Morgan fingerprint density at radius 3 is 2.19 bits per heavy atom. The van der Waals surface area contributed by atoms with Gasteiger partial charge in [-0.15, -0.1) is 8.67 Å². The first-order valence-electron chi connectivity index (χ1n) is 10.2. The molecule has 0 amide bonds. The van der Waals surface area contributed by atoms with Gasteiger partial charge in [0.2, 0.25) is 0 Å². The van der Waals surface area contributed by atoms with Crippen LogP contribution in [0.2, 0.25) is 0 Å². The lowest BCUT2D eigenvalue weighted by Crippen LogP contribution is -2.64. The molecule has 0 aliphatic carbocycles. The molecule has 3 rings (SSSR count). The monoisotopic (exact) mass is 570 g/mol. The van der Waals surface area contributed by atoms with Crippen LogP contribution in [0.5, 0.6) is 0 Å². The highest BCUT2D eigenvalue weighted by Crippen LogP contribution is 2.41. The number of carbonyl (C=O) groups is 1. The minimum Gasteiger partial charge on any atom is -0.477 e. The van der Waals surface area contributed by atoms with Crippen molar-refractivity contribution >= 4 is 30.6 Å². The third-order valence-corrected chi connectivity index (χ3v) is 6.43. The van der Waals surface area contributed by atoms with Crippen LogP contribution in [0.15, 0.2) is 0 Å².